The molecular formula is C16H23N3. The first-order chi connectivity index (χ1) is 9.05. The SMILES string of the molecule is CCC(C)(C)CNc1nc2c(cc1C#N)CCCC2. The Morgan fingerprint density at radius 2 is 2.11 bits per heavy atom. The molecule has 0 atom stereocenters. The number of anilines is 1. The Morgan fingerprint density at radius 1 is 1.37 bits per heavy atom. The Balaban J connectivity index is 2.22. The van der Waals surface area contributed by atoms with Crippen LogP contribution in [0.5, 0.6) is 0 Å². The van der Waals surface area contributed by atoms with E-state index >= 15 is 0 Å². The molecule has 3 heteroatoms. The summed E-state index contributed by atoms with van der Waals surface area (Å²) in [5.74, 6) is 0.768. The standard InChI is InChI=1S/C16H23N3/c1-4-16(2,3)11-18-15-13(10-17)9-12-7-5-6-8-14(12)19-15/h9H,4-8,11H2,1-3H3,(H,18,19). The zero-order valence-corrected chi connectivity index (χ0v) is 12.2. The number of nitrogens with one attached hydrogen (secondary N) is 1. The van der Waals surface area contributed by atoms with Crippen molar-refractivity contribution in [1.29, 1.82) is 5.26 Å². The van der Waals surface area contributed by atoms with Crippen molar-refractivity contribution >= 4 is 5.82 Å². The van der Waals surface area contributed by atoms with Crippen LogP contribution in [0.1, 0.15) is 56.9 Å². The van der Waals surface area contributed by atoms with E-state index in [9.17, 15) is 5.26 Å². The van der Waals surface area contributed by atoms with Gasteiger partial charge in [-0.1, -0.05) is 20.8 Å². The third kappa shape index (κ3) is 3.26. The molecule has 0 spiro atoms. The number of fused-ring (bicyclic) bond motifs is 1. The van der Waals surface area contributed by atoms with E-state index in [0.717, 1.165) is 31.6 Å². The minimum atomic E-state index is 0.226. The van der Waals surface area contributed by atoms with Crippen molar-refractivity contribution in [3.63, 3.8) is 0 Å². The average Bonchev–Trinajstić information content (AvgIpc) is 2.44. The fourth-order valence-electron chi connectivity index (χ4n) is 2.30. The summed E-state index contributed by atoms with van der Waals surface area (Å²) in [6, 6.07) is 4.31. The summed E-state index contributed by atoms with van der Waals surface area (Å²) in [5, 5.41) is 12.6. The van der Waals surface area contributed by atoms with Gasteiger partial charge in [0.2, 0.25) is 0 Å². The Kier molecular flexibility index (Phi) is 4.09. The number of rotatable bonds is 4. The number of aryl methyl sites for hydroxylation is 2. The molecule has 0 aliphatic heterocycles. The van der Waals surface area contributed by atoms with Crippen LogP contribution in [0.25, 0.3) is 0 Å². The fourth-order valence-corrected chi connectivity index (χ4v) is 2.30. The minimum absolute atomic E-state index is 0.226. The van der Waals surface area contributed by atoms with Gasteiger partial charge >= 0.3 is 0 Å². The van der Waals surface area contributed by atoms with Gasteiger partial charge in [-0.3, -0.25) is 0 Å². The quantitative estimate of drug-likeness (QED) is 0.895. The smallest absolute Gasteiger partial charge is 0.144 e. The van der Waals surface area contributed by atoms with E-state index in [2.05, 4.69) is 37.1 Å². The van der Waals surface area contributed by atoms with Crippen molar-refractivity contribution < 1.29 is 0 Å². The van der Waals surface area contributed by atoms with Crippen LogP contribution in [0.15, 0.2) is 6.07 Å². The number of nitriles is 1. The summed E-state index contributed by atoms with van der Waals surface area (Å²) < 4.78 is 0. The molecule has 0 saturated heterocycles. The highest BCUT2D eigenvalue weighted by molar-refractivity contribution is 5.54. The van der Waals surface area contributed by atoms with Crippen molar-refractivity contribution in [2.24, 2.45) is 5.41 Å². The second-order valence-corrected chi connectivity index (χ2v) is 6.18. The molecule has 0 radical (unpaired) electrons. The molecule has 1 aliphatic rings. The van der Waals surface area contributed by atoms with Gasteiger partial charge in [0.25, 0.3) is 0 Å². The van der Waals surface area contributed by atoms with E-state index in [1.54, 1.807) is 0 Å². The van der Waals surface area contributed by atoms with Gasteiger partial charge in [0, 0.05) is 12.2 Å². The van der Waals surface area contributed by atoms with Crippen LogP contribution >= 0.6 is 0 Å². The van der Waals surface area contributed by atoms with Gasteiger partial charge in [0.05, 0.1) is 5.56 Å². The molecule has 0 amide bonds. The molecule has 0 fully saturated rings. The normalized spacial score (nSPS) is 14.6. The van der Waals surface area contributed by atoms with Crippen LogP contribution in [0.2, 0.25) is 0 Å². The van der Waals surface area contributed by atoms with Gasteiger partial charge in [-0.15, -0.1) is 0 Å². The topological polar surface area (TPSA) is 48.7 Å². The van der Waals surface area contributed by atoms with Crippen LogP contribution in [0.4, 0.5) is 5.82 Å². The van der Waals surface area contributed by atoms with Gasteiger partial charge in [-0.05, 0) is 49.1 Å². The summed E-state index contributed by atoms with van der Waals surface area (Å²) in [4.78, 5) is 4.69. The second kappa shape index (κ2) is 5.61. The lowest BCUT2D eigenvalue weighted by Crippen LogP contribution is -2.23. The first kappa shape index (κ1) is 13.9. The summed E-state index contributed by atoms with van der Waals surface area (Å²) in [6.07, 6.45) is 5.65. The molecule has 3 nitrogen and oxygen atoms in total. The zero-order chi connectivity index (χ0) is 13.9. The Labute approximate surface area is 116 Å². The van der Waals surface area contributed by atoms with Crippen molar-refractivity contribution in [1.82, 2.24) is 4.98 Å². The van der Waals surface area contributed by atoms with Gasteiger partial charge in [0.1, 0.15) is 11.9 Å². The summed E-state index contributed by atoms with van der Waals surface area (Å²) in [5.41, 5.74) is 3.36. The molecule has 0 unspecified atom stereocenters. The Bertz CT molecular complexity index is 497. The van der Waals surface area contributed by atoms with Gasteiger partial charge in [-0.2, -0.15) is 5.26 Å². The molecule has 1 aliphatic carbocycles. The van der Waals surface area contributed by atoms with E-state index < -0.39 is 0 Å². The number of hydrogen-bond donors (Lipinski definition) is 1. The maximum absolute atomic E-state index is 9.28. The van der Waals surface area contributed by atoms with Crippen molar-refractivity contribution in [2.75, 3.05) is 11.9 Å². The van der Waals surface area contributed by atoms with Crippen molar-refractivity contribution in [2.45, 2.75) is 52.9 Å². The number of hydrogen-bond acceptors (Lipinski definition) is 3. The number of aromatic nitrogens is 1. The first-order valence-corrected chi connectivity index (χ1v) is 7.22. The van der Waals surface area contributed by atoms with Gasteiger partial charge in [-0.25, -0.2) is 4.98 Å². The summed E-state index contributed by atoms with van der Waals surface area (Å²) in [7, 11) is 0. The van der Waals surface area contributed by atoms with Crippen LogP contribution < -0.4 is 5.32 Å². The zero-order valence-electron chi connectivity index (χ0n) is 12.2. The molecule has 0 bridgehead atoms. The van der Waals surface area contributed by atoms with E-state index in [-0.39, 0.29) is 5.41 Å². The predicted molar refractivity (Wildman–Crippen MR) is 78.2 cm³/mol. The third-order valence-electron chi connectivity index (χ3n) is 4.11. The molecule has 1 aromatic heterocycles. The molecule has 1 heterocycles. The lowest BCUT2D eigenvalue weighted by atomic mass is 9.90. The molecule has 2 rings (SSSR count). The van der Waals surface area contributed by atoms with Crippen LogP contribution in [0, 0.1) is 16.7 Å². The molecule has 102 valence electrons. The molecule has 1 N–H and O–H groups in total. The lowest BCUT2D eigenvalue weighted by Gasteiger charge is -2.24. The second-order valence-electron chi connectivity index (χ2n) is 6.18. The number of pyridine rings is 1. The molecular weight excluding hydrogens is 234 g/mol. The van der Waals surface area contributed by atoms with Crippen LogP contribution in [0.3, 0.4) is 0 Å². The van der Waals surface area contributed by atoms with Gasteiger partial charge in [0.15, 0.2) is 0 Å². The molecule has 0 saturated carbocycles. The molecule has 1 aromatic rings. The van der Waals surface area contributed by atoms with E-state index in [0.29, 0.717) is 5.56 Å². The highest BCUT2D eigenvalue weighted by Crippen LogP contribution is 2.26. The monoisotopic (exact) mass is 257 g/mol. The maximum atomic E-state index is 9.28. The average molecular weight is 257 g/mol. The third-order valence-corrected chi connectivity index (χ3v) is 4.11. The highest BCUT2D eigenvalue weighted by atomic mass is 15.0. The first-order valence-electron chi connectivity index (χ1n) is 7.22. The van der Waals surface area contributed by atoms with E-state index in [1.807, 2.05) is 6.07 Å². The van der Waals surface area contributed by atoms with Crippen LogP contribution in [-0.4, -0.2) is 11.5 Å². The maximum Gasteiger partial charge on any atom is 0.144 e. The molecule has 19 heavy (non-hydrogen) atoms. The van der Waals surface area contributed by atoms with Gasteiger partial charge < -0.3 is 5.32 Å². The van der Waals surface area contributed by atoms with Crippen molar-refractivity contribution in [3.05, 3.63) is 22.9 Å². The van der Waals surface area contributed by atoms with E-state index in [4.69, 9.17) is 0 Å². The highest BCUT2D eigenvalue weighted by Gasteiger charge is 2.18. The lowest BCUT2D eigenvalue weighted by molar-refractivity contribution is 0.376. The Hall–Kier alpha value is -1.56. The largest absolute Gasteiger partial charge is 0.368 e. The van der Waals surface area contributed by atoms with Crippen molar-refractivity contribution in [3.8, 4) is 6.07 Å². The van der Waals surface area contributed by atoms with Crippen LogP contribution in [-0.2, 0) is 12.8 Å². The van der Waals surface area contributed by atoms with E-state index in [1.165, 1.54) is 24.1 Å². The summed E-state index contributed by atoms with van der Waals surface area (Å²) in [6.45, 7) is 7.49. The minimum Gasteiger partial charge on any atom is -0.368 e. The Morgan fingerprint density at radius 3 is 2.79 bits per heavy atom. The fraction of sp³-hybridized carbons (Fsp3) is 0.625. The molecule has 0 aromatic carbocycles. The summed E-state index contributed by atoms with van der Waals surface area (Å²) >= 11 is 0. The predicted octanol–water partition coefficient (Wildman–Crippen LogP) is 3.68. The number of nitrogens with zero attached hydrogens (tertiary/aromatic N) is 2.